The molecule has 2 rings (SSSR count). The van der Waals surface area contributed by atoms with Crippen molar-refractivity contribution in [2.75, 3.05) is 6.16 Å². The van der Waals surface area contributed by atoms with Gasteiger partial charge < -0.3 is 21.5 Å². The van der Waals surface area contributed by atoms with Crippen LogP contribution in [0.3, 0.4) is 0 Å². The van der Waals surface area contributed by atoms with Gasteiger partial charge in [0.15, 0.2) is 11.3 Å². The fourth-order valence-electron chi connectivity index (χ4n) is 3.12. The largest absolute Gasteiger partial charge is 0.480 e. The summed E-state index contributed by atoms with van der Waals surface area (Å²) in [7, 11) is -3.79. The fraction of sp³-hybridized carbons (Fsp3) is 0.333. The zero-order valence-electron chi connectivity index (χ0n) is 16.5. The molecule has 0 bridgehead atoms. The molecule has 2 aromatic carbocycles. The van der Waals surface area contributed by atoms with Gasteiger partial charge in [-0.2, -0.15) is 0 Å². The number of hydrogen-bond acceptors (Lipinski definition) is 5. The van der Waals surface area contributed by atoms with E-state index in [-0.39, 0.29) is 6.42 Å². The minimum absolute atomic E-state index is 0.228. The summed E-state index contributed by atoms with van der Waals surface area (Å²) in [5.74, 6) is -4.32. The molecule has 0 saturated carbocycles. The molecule has 29 heavy (non-hydrogen) atoms. The van der Waals surface area contributed by atoms with Crippen molar-refractivity contribution in [3.63, 3.8) is 0 Å². The van der Waals surface area contributed by atoms with E-state index in [1.165, 1.54) is 13.8 Å². The molecular formula is C21H27N2O5P. The molecule has 2 aromatic rings. The number of aliphatic carboxylic acids is 1. The van der Waals surface area contributed by atoms with Crippen molar-refractivity contribution in [1.82, 2.24) is 0 Å². The Morgan fingerprint density at radius 1 is 1.03 bits per heavy atom. The second-order valence-electron chi connectivity index (χ2n) is 7.46. The molecule has 0 aliphatic carbocycles. The Hall–Kier alpha value is -2.31. The van der Waals surface area contributed by atoms with Crippen LogP contribution in [0.4, 0.5) is 0 Å². The van der Waals surface area contributed by atoms with Crippen molar-refractivity contribution >= 4 is 19.1 Å². The zero-order valence-corrected chi connectivity index (χ0v) is 17.4. The molecule has 0 amide bonds. The number of nitrogens with two attached hydrogens (primary N) is 2. The molecule has 4 atom stereocenters. The van der Waals surface area contributed by atoms with Crippen molar-refractivity contribution in [2.45, 2.75) is 31.6 Å². The molecule has 8 heteroatoms. The highest BCUT2D eigenvalue weighted by molar-refractivity contribution is 7.58. The minimum Gasteiger partial charge on any atom is -0.480 e. The number of Topliss-reactive ketones (excluding diaryl/α,β-unsaturated/α-hetero) is 1. The van der Waals surface area contributed by atoms with Crippen molar-refractivity contribution in [1.29, 1.82) is 0 Å². The Kier molecular flexibility index (Phi) is 7.14. The summed E-state index contributed by atoms with van der Waals surface area (Å²) in [5, 5.41) is 9.65. The lowest BCUT2D eigenvalue weighted by Crippen LogP contribution is -2.58. The van der Waals surface area contributed by atoms with E-state index in [2.05, 4.69) is 0 Å². The SMILES string of the molecule is CC(CP(=O)(O)[C@H](C)N)C(=O)[C@@](N)(Cc1ccc(-c2ccccc2)cc1)C(=O)O. The van der Waals surface area contributed by atoms with Crippen LogP contribution in [-0.4, -0.2) is 39.2 Å². The van der Waals surface area contributed by atoms with Crippen molar-refractivity contribution in [3.05, 3.63) is 60.2 Å². The monoisotopic (exact) mass is 418 g/mol. The lowest BCUT2D eigenvalue weighted by atomic mass is 9.82. The first-order valence-electron chi connectivity index (χ1n) is 9.25. The van der Waals surface area contributed by atoms with E-state index in [4.69, 9.17) is 11.5 Å². The van der Waals surface area contributed by atoms with Crippen LogP contribution in [0.5, 0.6) is 0 Å². The van der Waals surface area contributed by atoms with E-state index in [0.717, 1.165) is 11.1 Å². The number of carbonyl (C=O) groups excluding carboxylic acids is 1. The van der Waals surface area contributed by atoms with Gasteiger partial charge in [-0.15, -0.1) is 0 Å². The predicted molar refractivity (Wildman–Crippen MR) is 113 cm³/mol. The van der Waals surface area contributed by atoms with E-state index < -0.39 is 42.5 Å². The summed E-state index contributed by atoms with van der Waals surface area (Å²) in [6.07, 6.45) is -0.642. The highest BCUT2D eigenvalue weighted by Gasteiger charge is 2.45. The van der Waals surface area contributed by atoms with E-state index in [9.17, 15) is 24.2 Å². The molecule has 2 unspecified atom stereocenters. The summed E-state index contributed by atoms with van der Waals surface area (Å²) in [4.78, 5) is 34.6. The van der Waals surface area contributed by atoms with Gasteiger partial charge in [-0.25, -0.2) is 4.79 Å². The van der Waals surface area contributed by atoms with Crippen molar-refractivity contribution in [2.24, 2.45) is 17.4 Å². The summed E-state index contributed by atoms with van der Waals surface area (Å²) < 4.78 is 12.1. The number of ketones is 1. The lowest BCUT2D eigenvalue weighted by Gasteiger charge is -2.28. The minimum atomic E-state index is -3.79. The number of carbonyl (C=O) groups is 2. The molecular weight excluding hydrogens is 391 g/mol. The average molecular weight is 418 g/mol. The summed E-state index contributed by atoms with van der Waals surface area (Å²) in [6, 6.07) is 16.8. The van der Waals surface area contributed by atoms with E-state index >= 15 is 0 Å². The highest BCUT2D eigenvalue weighted by atomic mass is 31.2. The quantitative estimate of drug-likeness (QED) is 0.362. The molecule has 0 aromatic heterocycles. The first-order chi connectivity index (χ1) is 13.5. The summed E-state index contributed by atoms with van der Waals surface area (Å²) in [6.45, 7) is 2.77. The van der Waals surface area contributed by atoms with Gasteiger partial charge in [-0.3, -0.25) is 9.36 Å². The van der Waals surface area contributed by atoms with Gasteiger partial charge >= 0.3 is 5.97 Å². The topological polar surface area (TPSA) is 144 Å². The van der Waals surface area contributed by atoms with Crippen molar-refractivity contribution in [3.8, 4) is 11.1 Å². The first kappa shape index (κ1) is 23.0. The van der Waals surface area contributed by atoms with Gasteiger partial charge in [0.1, 0.15) is 0 Å². The van der Waals surface area contributed by atoms with E-state index in [1.54, 1.807) is 12.1 Å². The molecule has 0 spiro atoms. The van der Waals surface area contributed by atoms with Crippen LogP contribution < -0.4 is 11.5 Å². The maximum Gasteiger partial charge on any atom is 0.331 e. The van der Waals surface area contributed by atoms with Crippen LogP contribution in [0, 0.1) is 5.92 Å². The molecule has 0 saturated heterocycles. The average Bonchev–Trinajstić information content (AvgIpc) is 2.68. The Labute approximate surface area is 170 Å². The molecule has 6 N–H and O–H groups in total. The first-order valence-corrected chi connectivity index (χ1v) is 11.2. The third-order valence-corrected chi connectivity index (χ3v) is 7.33. The number of carboxylic acid groups (broad SMARTS) is 1. The molecule has 0 aliphatic heterocycles. The normalized spacial score (nSPS) is 17.6. The smallest absolute Gasteiger partial charge is 0.331 e. The number of benzene rings is 2. The maximum atomic E-state index is 12.8. The highest BCUT2D eigenvalue weighted by Crippen LogP contribution is 2.45. The third kappa shape index (κ3) is 5.40. The van der Waals surface area contributed by atoms with Gasteiger partial charge in [0.25, 0.3) is 0 Å². The molecule has 0 aliphatic rings. The van der Waals surface area contributed by atoms with Gasteiger partial charge in [-0.1, -0.05) is 61.5 Å². The number of rotatable bonds is 9. The lowest BCUT2D eigenvalue weighted by molar-refractivity contribution is -0.149. The molecule has 156 valence electrons. The predicted octanol–water partition coefficient (Wildman–Crippen LogP) is 2.46. The van der Waals surface area contributed by atoms with Crippen LogP contribution in [0.1, 0.15) is 19.4 Å². The standard InChI is InChI=1S/C21H27N2O5P/c1-14(13-29(27,28)15(2)22)19(24)21(23,20(25)26)12-16-8-10-18(11-9-16)17-6-4-3-5-7-17/h3-11,14-15H,12-13,22-23H2,1-2H3,(H,25,26)(H,27,28)/t14?,15-,21+/m1/s1. The Morgan fingerprint density at radius 3 is 2.03 bits per heavy atom. The van der Waals surface area contributed by atoms with Crippen LogP contribution >= 0.6 is 7.37 Å². The Bertz CT molecular complexity index is 914. The van der Waals surface area contributed by atoms with Gasteiger partial charge in [-0.05, 0) is 23.6 Å². The second-order valence-corrected chi connectivity index (χ2v) is 10.2. The second kappa shape index (κ2) is 9.01. The maximum absolute atomic E-state index is 12.8. The number of hydrogen-bond donors (Lipinski definition) is 4. The van der Waals surface area contributed by atoms with Gasteiger partial charge in [0, 0.05) is 18.5 Å². The van der Waals surface area contributed by atoms with Gasteiger partial charge in [0.2, 0.25) is 7.37 Å². The zero-order chi connectivity index (χ0) is 21.8. The van der Waals surface area contributed by atoms with Crippen LogP contribution in [0.25, 0.3) is 11.1 Å². The van der Waals surface area contributed by atoms with E-state index in [0.29, 0.717) is 5.56 Å². The van der Waals surface area contributed by atoms with Crippen LogP contribution in [-0.2, 0) is 20.6 Å². The Morgan fingerprint density at radius 2 is 1.55 bits per heavy atom. The van der Waals surface area contributed by atoms with Crippen LogP contribution in [0.2, 0.25) is 0 Å². The van der Waals surface area contributed by atoms with E-state index in [1.807, 2.05) is 42.5 Å². The molecule has 7 nitrogen and oxygen atoms in total. The Balaban J connectivity index is 2.23. The fourth-order valence-corrected chi connectivity index (χ4v) is 4.40. The molecule has 0 heterocycles. The van der Waals surface area contributed by atoms with Crippen LogP contribution in [0.15, 0.2) is 54.6 Å². The van der Waals surface area contributed by atoms with Crippen molar-refractivity contribution < 1.29 is 24.2 Å². The molecule has 0 fully saturated rings. The number of carboxylic acids is 1. The molecule has 0 radical (unpaired) electrons. The summed E-state index contributed by atoms with van der Waals surface area (Å²) in [5.41, 5.74) is 11.8. The third-order valence-electron chi connectivity index (χ3n) is 4.98. The van der Waals surface area contributed by atoms with Gasteiger partial charge in [0.05, 0.1) is 5.78 Å². The summed E-state index contributed by atoms with van der Waals surface area (Å²) >= 11 is 0.